The number of benzene rings is 2. The summed E-state index contributed by atoms with van der Waals surface area (Å²) < 4.78 is 1.33. The molecule has 19 heavy (non-hydrogen) atoms. The summed E-state index contributed by atoms with van der Waals surface area (Å²) in [5.74, 6) is 1.04. The summed E-state index contributed by atoms with van der Waals surface area (Å²) in [4.78, 5) is 0. The molecule has 1 unspecified atom stereocenters. The van der Waals surface area contributed by atoms with E-state index in [1.54, 1.807) is 0 Å². The summed E-state index contributed by atoms with van der Waals surface area (Å²) >= 11 is 1.89. The van der Waals surface area contributed by atoms with Crippen molar-refractivity contribution in [3.8, 4) is 0 Å². The molecule has 3 rings (SSSR count). The normalized spacial score (nSPS) is 15.3. The molecule has 0 saturated carbocycles. The molecule has 0 saturated heterocycles. The van der Waals surface area contributed by atoms with Crippen molar-refractivity contribution < 1.29 is 0 Å². The third kappa shape index (κ3) is 2.68. The van der Waals surface area contributed by atoms with Gasteiger partial charge in [0.1, 0.15) is 0 Å². The first-order chi connectivity index (χ1) is 9.36. The van der Waals surface area contributed by atoms with Gasteiger partial charge < -0.3 is 0 Å². The SMILES string of the molecule is PC1=C(c2ccccc2)C(c2ccccc2)=CCS1. The lowest BCUT2D eigenvalue weighted by molar-refractivity contribution is 1.56. The topological polar surface area (TPSA) is 0 Å². The van der Waals surface area contributed by atoms with Gasteiger partial charge in [-0.25, -0.2) is 0 Å². The van der Waals surface area contributed by atoms with E-state index in [9.17, 15) is 0 Å². The van der Waals surface area contributed by atoms with Crippen LogP contribution in [0.5, 0.6) is 0 Å². The lowest BCUT2D eigenvalue weighted by Crippen LogP contribution is -1.97. The van der Waals surface area contributed by atoms with Gasteiger partial charge in [-0.3, -0.25) is 0 Å². The van der Waals surface area contributed by atoms with Gasteiger partial charge in [0.2, 0.25) is 0 Å². The first-order valence-electron chi connectivity index (χ1n) is 6.30. The van der Waals surface area contributed by atoms with Crippen LogP contribution in [0.2, 0.25) is 0 Å². The number of allylic oxidation sites excluding steroid dienone is 2. The smallest absolute Gasteiger partial charge is 0.0170 e. The summed E-state index contributed by atoms with van der Waals surface area (Å²) in [6, 6.07) is 21.3. The second-order valence-electron chi connectivity index (χ2n) is 4.40. The fourth-order valence-corrected chi connectivity index (χ4v) is 3.72. The van der Waals surface area contributed by atoms with E-state index in [1.807, 2.05) is 11.8 Å². The average molecular weight is 282 g/mol. The Labute approximate surface area is 120 Å². The molecule has 2 aromatic rings. The van der Waals surface area contributed by atoms with Gasteiger partial charge in [-0.2, -0.15) is 0 Å². The molecule has 0 bridgehead atoms. The van der Waals surface area contributed by atoms with Crippen LogP contribution in [0, 0.1) is 0 Å². The van der Waals surface area contributed by atoms with Crippen LogP contribution < -0.4 is 0 Å². The van der Waals surface area contributed by atoms with Crippen molar-refractivity contribution in [2.75, 3.05) is 5.75 Å². The average Bonchev–Trinajstić information content (AvgIpc) is 2.49. The molecule has 0 aromatic heterocycles. The monoisotopic (exact) mass is 282 g/mol. The summed E-state index contributed by atoms with van der Waals surface area (Å²) in [7, 11) is 2.89. The Morgan fingerprint density at radius 1 is 0.789 bits per heavy atom. The van der Waals surface area contributed by atoms with E-state index in [0.717, 1.165) is 5.75 Å². The van der Waals surface area contributed by atoms with Gasteiger partial charge in [-0.1, -0.05) is 76.0 Å². The van der Waals surface area contributed by atoms with E-state index in [1.165, 1.54) is 26.9 Å². The summed E-state index contributed by atoms with van der Waals surface area (Å²) in [5, 5.41) is 0. The zero-order valence-corrected chi connectivity index (χ0v) is 12.5. The fourth-order valence-electron chi connectivity index (χ4n) is 2.30. The molecule has 0 fully saturated rings. The van der Waals surface area contributed by atoms with Crippen LogP contribution in [0.1, 0.15) is 11.1 Å². The van der Waals surface area contributed by atoms with Gasteiger partial charge in [0.25, 0.3) is 0 Å². The number of thioether (sulfide) groups is 1. The van der Waals surface area contributed by atoms with Gasteiger partial charge in [-0.15, -0.1) is 11.8 Å². The number of hydrogen-bond acceptors (Lipinski definition) is 1. The van der Waals surface area contributed by atoms with Gasteiger partial charge >= 0.3 is 0 Å². The first-order valence-corrected chi connectivity index (χ1v) is 7.86. The van der Waals surface area contributed by atoms with Crippen molar-refractivity contribution in [1.82, 2.24) is 0 Å². The van der Waals surface area contributed by atoms with Crippen LogP contribution >= 0.6 is 21.0 Å². The fraction of sp³-hybridized carbons (Fsp3) is 0.0588. The van der Waals surface area contributed by atoms with E-state index >= 15 is 0 Å². The summed E-state index contributed by atoms with van der Waals surface area (Å²) in [6.45, 7) is 0. The van der Waals surface area contributed by atoms with Crippen LogP contribution in [0.4, 0.5) is 0 Å². The third-order valence-electron chi connectivity index (χ3n) is 3.19. The highest BCUT2D eigenvalue weighted by Gasteiger charge is 2.16. The van der Waals surface area contributed by atoms with E-state index in [4.69, 9.17) is 0 Å². The molecule has 1 aliphatic heterocycles. The maximum absolute atomic E-state index is 2.89. The Kier molecular flexibility index (Phi) is 3.87. The second kappa shape index (κ2) is 5.77. The van der Waals surface area contributed by atoms with E-state index in [0.29, 0.717) is 0 Å². The van der Waals surface area contributed by atoms with Gasteiger partial charge in [0.05, 0.1) is 0 Å². The van der Waals surface area contributed by atoms with Crippen molar-refractivity contribution in [2.24, 2.45) is 0 Å². The van der Waals surface area contributed by atoms with Crippen LogP contribution in [-0.2, 0) is 0 Å². The zero-order valence-electron chi connectivity index (χ0n) is 10.5. The molecular weight excluding hydrogens is 267 g/mol. The molecule has 1 atom stereocenters. The lowest BCUT2D eigenvalue weighted by Gasteiger charge is -2.20. The molecule has 94 valence electrons. The van der Waals surface area contributed by atoms with Crippen molar-refractivity contribution in [3.05, 3.63) is 82.5 Å². The Balaban J connectivity index is 2.12. The van der Waals surface area contributed by atoms with Crippen molar-refractivity contribution in [3.63, 3.8) is 0 Å². The molecule has 0 amide bonds. The quantitative estimate of drug-likeness (QED) is 0.694. The lowest BCUT2D eigenvalue weighted by atomic mass is 9.93. The summed E-state index contributed by atoms with van der Waals surface area (Å²) in [5.41, 5.74) is 5.26. The highest BCUT2D eigenvalue weighted by Crippen LogP contribution is 2.44. The van der Waals surface area contributed by atoms with Gasteiger partial charge in [0.15, 0.2) is 0 Å². The van der Waals surface area contributed by atoms with Crippen LogP contribution in [0.3, 0.4) is 0 Å². The molecule has 1 aliphatic rings. The van der Waals surface area contributed by atoms with Crippen LogP contribution in [-0.4, -0.2) is 5.75 Å². The molecule has 2 heteroatoms. The van der Waals surface area contributed by atoms with Crippen molar-refractivity contribution in [2.45, 2.75) is 0 Å². The Morgan fingerprint density at radius 2 is 1.37 bits per heavy atom. The zero-order chi connectivity index (χ0) is 13.1. The minimum atomic E-state index is 1.04. The Hall–Kier alpha value is -1.30. The molecule has 1 heterocycles. The minimum Gasteiger partial charge on any atom is -0.121 e. The van der Waals surface area contributed by atoms with Crippen molar-refractivity contribution >= 4 is 32.1 Å². The molecule has 0 spiro atoms. The second-order valence-corrected chi connectivity index (χ2v) is 6.46. The van der Waals surface area contributed by atoms with Crippen LogP contribution in [0.25, 0.3) is 11.1 Å². The number of rotatable bonds is 2. The molecular formula is C17H15PS. The standard InChI is InChI=1S/C17H15PS/c18-17-16(14-9-5-2-6-10-14)15(11-12-19-17)13-7-3-1-4-8-13/h1-11H,12,18H2. The van der Waals surface area contributed by atoms with E-state index < -0.39 is 0 Å². The predicted octanol–water partition coefficient (Wildman–Crippen LogP) is 5.06. The van der Waals surface area contributed by atoms with Crippen molar-refractivity contribution in [1.29, 1.82) is 0 Å². The summed E-state index contributed by atoms with van der Waals surface area (Å²) in [6.07, 6.45) is 2.33. The van der Waals surface area contributed by atoms with Gasteiger partial charge in [-0.05, 0) is 16.7 Å². The minimum absolute atomic E-state index is 1.04. The van der Waals surface area contributed by atoms with Gasteiger partial charge in [0, 0.05) is 16.0 Å². The molecule has 0 aliphatic carbocycles. The van der Waals surface area contributed by atoms with Crippen LogP contribution in [0.15, 0.2) is 71.4 Å². The Bertz CT molecular complexity index is 627. The third-order valence-corrected chi connectivity index (χ3v) is 4.83. The highest BCUT2D eigenvalue weighted by atomic mass is 32.2. The van der Waals surface area contributed by atoms with E-state index in [-0.39, 0.29) is 0 Å². The molecule has 2 aromatic carbocycles. The predicted molar refractivity (Wildman–Crippen MR) is 89.9 cm³/mol. The first kappa shape index (κ1) is 12.7. The molecule has 0 N–H and O–H groups in total. The maximum atomic E-state index is 2.89. The van der Waals surface area contributed by atoms with E-state index in [2.05, 4.69) is 76.0 Å². The molecule has 0 radical (unpaired) electrons. The largest absolute Gasteiger partial charge is 0.121 e. The highest BCUT2D eigenvalue weighted by molar-refractivity contribution is 8.07. The number of hydrogen-bond donors (Lipinski definition) is 0. The molecule has 0 nitrogen and oxygen atoms in total. The Morgan fingerprint density at radius 3 is 2.00 bits per heavy atom. The maximum Gasteiger partial charge on any atom is 0.0170 e.